The Labute approximate surface area is 157 Å². The molecule has 9 nitrogen and oxygen atoms in total. The number of carbonyl (C=O) groups is 1. The first-order valence-corrected chi connectivity index (χ1v) is 8.69. The Hall–Kier alpha value is -2.88. The van der Waals surface area contributed by atoms with Gasteiger partial charge in [-0.2, -0.15) is 0 Å². The molecule has 10 heteroatoms. The zero-order valence-corrected chi connectivity index (χ0v) is 15.5. The molecule has 0 saturated heterocycles. The summed E-state index contributed by atoms with van der Waals surface area (Å²) in [6.45, 7) is 0. The van der Waals surface area contributed by atoms with E-state index in [0.717, 1.165) is 31.7 Å². The van der Waals surface area contributed by atoms with Crippen molar-refractivity contribution in [3.8, 4) is 0 Å². The number of nitrogens with two attached hydrogens (primary N) is 2. The normalized spacial score (nSPS) is 20.5. The topological polar surface area (TPSA) is 140 Å². The van der Waals surface area contributed by atoms with Crippen LogP contribution in [0.1, 0.15) is 36.0 Å². The van der Waals surface area contributed by atoms with Crippen LogP contribution in [0.4, 0.5) is 16.0 Å². The molecule has 1 aromatic rings. The monoisotopic (exact) mass is 379 g/mol. The van der Waals surface area contributed by atoms with Crippen LogP contribution in [0.2, 0.25) is 0 Å². The van der Waals surface area contributed by atoms with E-state index in [4.69, 9.17) is 11.5 Å². The highest BCUT2D eigenvalue weighted by molar-refractivity contribution is 5.99. The smallest absolute Gasteiger partial charge is 0.252 e. The molecule has 0 unspecified atom stereocenters. The Bertz CT molecular complexity index is 723. The number of amides is 1. The number of hydrogen-bond acceptors (Lipinski definition) is 8. The largest absolute Gasteiger partial charge is 0.403 e. The standard InChI is InChI=1S/C17H26FN7O2/c1-21-13-5-3-4-6-14(13)24-17-12(18)7-11(15(20)26)16(25-17)23-10(8-19)9-22-27-2/h7-9,13-14,21H,3-6,19H2,1-2H3,(H2,20,26)(H2,23,24,25)/t13-,14+/m0/s1. The van der Waals surface area contributed by atoms with Crippen LogP contribution >= 0.6 is 0 Å². The highest BCUT2D eigenvalue weighted by Crippen LogP contribution is 2.26. The zero-order chi connectivity index (χ0) is 19.8. The number of allylic oxidation sites excluding steroid dienone is 1. The van der Waals surface area contributed by atoms with Gasteiger partial charge in [-0.05, 0) is 26.0 Å². The predicted molar refractivity (Wildman–Crippen MR) is 103 cm³/mol. The molecule has 27 heavy (non-hydrogen) atoms. The zero-order valence-electron chi connectivity index (χ0n) is 15.5. The molecule has 0 aliphatic heterocycles. The number of aromatic nitrogens is 1. The molecule has 1 aliphatic carbocycles. The number of halogens is 1. The molecule has 1 amide bonds. The number of pyridine rings is 1. The first kappa shape index (κ1) is 20.4. The maximum Gasteiger partial charge on any atom is 0.252 e. The highest BCUT2D eigenvalue weighted by atomic mass is 19.1. The first-order chi connectivity index (χ1) is 13.0. The Morgan fingerprint density at radius 3 is 2.67 bits per heavy atom. The fourth-order valence-electron chi connectivity index (χ4n) is 3.06. The number of nitrogens with zero attached hydrogens (tertiary/aromatic N) is 2. The van der Waals surface area contributed by atoms with Crippen LogP contribution in [-0.2, 0) is 4.84 Å². The average molecular weight is 379 g/mol. The van der Waals surface area contributed by atoms with Gasteiger partial charge in [-0.1, -0.05) is 18.0 Å². The molecule has 1 saturated carbocycles. The predicted octanol–water partition coefficient (Wildman–Crippen LogP) is 1.11. The Morgan fingerprint density at radius 1 is 1.37 bits per heavy atom. The average Bonchev–Trinajstić information content (AvgIpc) is 2.67. The molecule has 0 spiro atoms. The molecular formula is C17H26FN7O2. The van der Waals surface area contributed by atoms with Crippen LogP contribution in [0.15, 0.2) is 23.1 Å². The van der Waals surface area contributed by atoms with Gasteiger partial charge in [-0.25, -0.2) is 9.37 Å². The summed E-state index contributed by atoms with van der Waals surface area (Å²) in [6, 6.07) is 1.29. The van der Waals surface area contributed by atoms with E-state index >= 15 is 0 Å². The van der Waals surface area contributed by atoms with E-state index in [1.165, 1.54) is 19.5 Å². The summed E-state index contributed by atoms with van der Waals surface area (Å²) in [7, 11) is 3.26. The second kappa shape index (κ2) is 9.72. The van der Waals surface area contributed by atoms with Crippen LogP contribution in [-0.4, -0.2) is 43.3 Å². The Kier molecular flexibility index (Phi) is 7.35. The minimum Gasteiger partial charge on any atom is -0.403 e. The van der Waals surface area contributed by atoms with Crippen LogP contribution in [0.5, 0.6) is 0 Å². The van der Waals surface area contributed by atoms with Gasteiger partial charge >= 0.3 is 0 Å². The summed E-state index contributed by atoms with van der Waals surface area (Å²) >= 11 is 0. The van der Waals surface area contributed by atoms with E-state index in [1.54, 1.807) is 0 Å². The molecule has 2 atom stereocenters. The third kappa shape index (κ3) is 5.30. The lowest BCUT2D eigenvalue weighted by molar-refractivity contribution is 0.100. The van der Waals surface area contributed by atoms with Gasteiger partial charge in [0.15, 0.2) is 11.6 Å². The summed E-state index contributed by atoms with van der Waals surface area (Å²) in [5.41, 5.74) is 11.1. The minimum atomic E-state index is -0.818. The van der Waals surface area contributed by atoms with Crippen molar-refractivity contribution in [1.29, 1.82) is 0 Å². The van der Waals surface area contributed by atoms with Crippen LogP contribution in [0, 0.1) is 5.82 Å². The minimum absolute atomic E-state index is 0.0256. The molecular weight excluding hydrogens is 353 g/mol. The van der Waals surface area contributed by atoms with E-state index < -0.39 is 11.7 Å². The molecule has 1 aromatic heterocycles. The van der Waals surface area contributed by atoms with Gasteiger partial charge < -0.3 is 32.3 Å². The van der Waals surface area contributed by atoms with E-state index in [2.05, 4.69) is 30.9 Å². The van der Waals surface area contributed by atoms with Gasteiger partial charge in [0.25, 0.3) is 5.91 Å². The second-order valence-electron chi connectivity index (χ2n) is 6.17. The van der Waals surface area contributed by atoms with Gasteiger partial charge in [-0.15, -0.1) is 0 Å². The fraction of sp³-hybridized carbons (Fsp3) is 0.471. The lowest BCUT2D eigenvalue weighted by Gasteiger charge is -2.32. The number of oxime groups is 1. The molecule has 0 radical (unpaired) electrons. The third-order valence-corrected chi connectivity index (χ3v) is 4.44. The molecule has 0 bridgehead atoms. The fourth-order valence-corrected chi connectivity index (χ4v) is 3.06. The Balaban J connectivity index is 2.33. The number of nitrogens with one attached hydrogen (secondary N) is 3. The highest BCUT2D eigenvalue weighted by Gasteiger charge is 2.26. The van der Waals surface area contributed by atoms with Crippen LogP contribution in [0.3, 0.4) is 0 Å². The van der Waals surface area contributed by atoms with Gasteiger partial charge in [0, 0.05) is 18.3 Å². The van der Waals surface area contributed by atoms with E-state index in [9.17, 15) is 9.18 Å². The van der Waals surface area contributed by atoms with Crippen LogP contribution < -0.4 is 27.4 Å². The summed E-state index contributed by atoms with van der Waals surface area (Å²) in [4.78, 5) is 20.5. The van der Waals surface area contributed by atoms with Crippen molar-refractivity contribution in [2.75, 3.05) is 24.8 Å². The van der Waals surface area contributed by atoms with Crippen molar-refractivity contribution in [3.05, 3.63) is 29.3 Å². The molecule has 148 valence electrons. The summed E-state index contributed by atoms with van der Waals surface area (Å²) in [5.74, 6) is -1.36. The van der Waals surface area contributed by atoms with Crippen molar-refractivity contribution in [2.45, 2.75) is 37.8 Å². The van der Waals surface area contributed by atoms with Gasteiger partial charge in [0.2, 0.25) is 0 Å². The van der Waals surface area contributed by atoms with Gasteiger partial charge in [-0.3, -0.25) is 4.79 Å². The summed E-state index contributed by atoms with van der Waals surface area (Å²) in [6.07, 6.45) is 6.56. The molecule has 0 aromatic carbocycles. The van der Waals surface area contributed by atoms with Gasteiger partial charge in [0.05, 0.1) is 17.5 Å². The van der Waals surface area contributed by atoms with E-state index in [-0.39, 0.29) is 29.3 Å². The van der Waals surface area contributed by atoms with Crippen molar-refractivity contribution in [2.24, 2.45) is 16.6 Å². The van der Waals surface area contributed by atoms with Crippen LogP contribution in [0.25, 0.3) is 0 Å². The van der Waals surface area contributed by atoms with Crippen molar-refractivity contribution < 1.29 is 14.0 Å². The SMILES string of the molecule is CN[C@H]1CCCC[C@H]1Nc1nc(NC(C=NOC)=CN)c(C(N)=O)cc1F. The van der Waals surface area contributed by atoms with Crippen molar-refractivity contribution in [3.63, 3.8) is 0 Å². The van der Waals surface area contributed by atoms with E-state index in [1.807, 2.05) is 7.05 Å². The number of rotatable bonds is 8. The number of primary amides is 1. The maximum atomic E-state index is 14.5. The number of likely N-dealkylation sites (N-methyl/N-ethyl adjacent to an activating group) is 1. The number of carbonyl (C=O) groups excluding carboxylic acids is 1. The second-order valence-corrected chi connectivity index (χ2v) is 6.17. The van der Waals surface area contributed by atoms with Crippen molar-refractivity contribution >= 4 is 23.8 Å². The molecule has 1 heterocycles. The first-order valence-electron chi connectivity index (χ1n) is 8.69. The quantitative estimate of drug-likeness (QED) is 0.337. The van der Waals surface area contributed by atoms with E-state index in [0.29, 0.717) is 5.70 Å². The molecule has 1 aliphatic rings. The third-order valence-electron chi connectivity index (χ3n) is 4.44. The summed E-state index contributed by atoms with van der Waals surface area (Å²) < 4.78 is 14.5. The number of hydrogen-bond donors (Lipinski definition) is 5. The molecule has 7 N–H and O–H groups in total. The van der Waals surface area contributed by atoms with Crippen molar-refractivity contribution in [1.82, 2.24) is 10.3 Å². The Morgan fingerprint density at radius 2 is 2.07 bits per heavy atom. The van der Waals surface area contributed by atoms with Gasteiger partial charge in [0.1, 0.15) is 12.9 Å². The lowest BCUT2D eigenvalue weighted by atomic mass is 9.90. The number of anilines is 2. The molecule has 1 fully saturated rings. The summed E-state index contributed by atoms with van der Waals surface area (Å²) in [5, 5.41) is 12.8. The lowest BCUT2D eigenvalue weighted by Crippen LogP contribution is -2.45. The molecule has 2 rings (SSSR count). The maximum absolute atomic E-state index is 14.5.